The molecule has 1 fully saturated rings. The zero-order valence-electron chi connectivity index (χ0n) is 12.2. The van der Waals surface area contributed by atoms with Crippen LogP contribution < -0.4 is 0 Å². The topological polar surface area (TPSA) is 17.4 Å². The predicted octanol–water partition coefficient (Wildman–Crippen LogP) is 4.48. The van der Waals surface area contributed by atoms with Gasteiger partial charge >= 0.3 is 0 Å². The van der Waals surface area contributed by atoms with Gasteiger partial charge in [0.2, 0.25) is 0 Å². The van der Waals surface area contributed by atoms with Crippen LogP contribution in [0.15, 0.2) is 28.9 Å². The molecule has 20 heavy (non-hydrogen) atoms. The van der Waals surface area contributed by atoms with E-state index in [9.17, 15) is 0 Å². The average Bonchev–Trinajstić information content (AvgIpc) is 3.00. The van der Waals surface area contributed by atoms with Gasteiger partial charge in [-0.15, -0.1) is 0 Å². The Labute approximate surface area is 133 Å². The van der Waals surface area contributed by atoms with E-state index in [1.54, 1.807) is 7.11 Å². The van der Waals surface area contributed by atoms with Crippen molar-refractivity contribution < 1.29 is 4.18 Å². The van der Waals surface area contributed by atoms with E-state index in [4.69, 9.17) is 4.18 Å². The molecule has 0 N–H and O–H groups in total. The molecule has 2 heterocycles. The van der Waals surface area contributed by atoms with Crippen molar-refractivity contribution in [3.63, 3.8) is 0 Å². The zero-order chi connectivity index (χ0) is 14.5. The smallest absolute Gasteiger partial charge is 0.118 e. The lowest BCUT2D eigenvalue weighted by molar-refractivity contribution is 0.418. The third-order valence-electron chi connectivity index (χ3n) is 3.42. The first-order valence-corrected chi connectivity index (χ1v) is 8.28. The number of fused-ring (bicyclic) bond motifs is 1. The largest absolute Gasteiger partial charge is 0.306 e. The van der Waals surface area contributed by atoms with Crippen molar-refractivity contribution in [2.75, 3.05) is 27.2 Å². The van der Waals surface area contributed by atoms with Crippen molar-refractivity contribution in [1.29, 1.82) is 0 Å². The molecule has 1 aromatic carbocycles. The summed E-state index contributed by atoms with van der Waals surface area (Å²) in [5, 5.41) is 1.25. The van der Waals surface area contributed by atoms with Gasteiger partial charge in [-0.3, -0.25) is 8.16 Å². The number of aromatic nitrogens is 1. The minimum Gasteiger partial charge on any atom is -0.306 e. The standard InChI is InChI=1S/C10H10BrNOS.C5H11N/c1-7-6-12(14-13-2)10-4-3-8(11)5-9(7)10;1-6-4-2-3-5-6/h3-6H,1-2H3;2-5H2,1H3. The van der Waals surface area contributed by atoms with Crippen molar-refractivity contribution in [1.82, 2.24) is 8.87 Å². The lowest BCUT2D eigenvalue weighted by Crippen LogP contribution is -2.10. The molecule has 0 atom stereocenters. The Hall–Kier alpha value is -0.490. The average molecular weight is 357 g/mol. The van der Waals surface area contributed by atoms with E-state index in [0.29, 0.717) is 0 Å². The lowest BCUT2D eigenvalue weighted by Gasteiger charge is -2.01. The Kier molecular flexibility index (Phi) is 5.96. The van der Waals surface area contributed by atoms with Gasteiger partial charge in [0.15, 0.2) is 0 Å². The van der Waals surface area contributed by atoms with Gasteiger partial charge in [0.05, 0.1) is 12.6 Å². The van der Waals surface area contributed by atoms with Crippen LogP contribution in [0.2, 0.25) is 0 Å². The van der Waals surface area contributed by atoms with Crippen LogP contribution in [-0.4, -0.2) is 36.1 Å². The number of likely N-dealkylation sites (tertiary alicyclic amines) is 1. The molecule has 1 aliphatic rings. The summed E-state index contributed by atoms with van der Waals surface area (Å²) in [5.74, 6) is 0. The fourth-order valence-electron chi connectivity index (χ4n) is 2.35. The minimum absolute atomic E-state index is 1.10. The maximum absolute atomic E-state index is 5.05. The molecule has 0 amide bonds. The molecule has 2 aromatic rings. The third kappa shape index (κ3) is 4.01. The molecule has 0 spiro atoms. The van der Waals surface area contributed by atoms with E-state index in [1.807, 2.05) is 10.0 Å². The van der Waals surface area contributed by atoms with Crippen molar-refractivity contribution in [2.24, 2.45) is 0 Å². The van der Waals surface area contributed by atoms with Gasteiger partial charge in [-0.1, -0.05) is 15.9 Å². The number of halogens is 1. The quantitative estimate of drug-likeness (QED) is 0.738. The number of hydrogen-bond acceptors (Lipinski definition) is 3. The number of hydrogen-bond donors (Lipinski definition) is 0. The number of aryl methyl sites for hydroxylation is 1. The van der Waals surface area contributed by atoms with Crippen molar-refractivity contribution in [3.8, 4) is 0 Å². The molecule has 3 rings (SSSR count). The molecular weight excluding hydrogens is 336 g/mol. The zero-order valence-corrected chi connectivity index (χ0v) is 14.6. The minimum atomic E-state index is 1.10. The summed E-state index contributed by atoms with van der Waals surface area (Å²) in [7, 11) is 3.84. The first-order chi connectivity index (χ1) is 9.61. The monoisotopic (exact) mass is 356 g/mol. The second kappa shape index (κ2) is 7.50. The highest BCUT2D eigenvalue weighted by Crippen LogP contribution is 2.27. The molecule has 0 saturated carbocycles. The summed E-state index contributed by atoms with van der Waals surface area (Å²) < 4.78 is 8.18. The Morgan fingerprint density at radius 2 is 1.95 bits per heavy atom. The van der Waals surface area contributed by atoms with Crippen LogP contribution in [0.1, 0.15) is 18.4 Å². The Morgan fingerprint density at radius 3 is 2.50 bits per heavy atom. The van der Waals surface area contributed by atoms with Crippen LogP contribution >= 0.6 is 28.2 Å². The highest BCUT2D eigenvalue weighted by molar-refractivity contribution is 9.10. The predicted molar refractivity (Wildman–Crippen MR) is 91.1 cm³/mol. The van der Waals surface area contributed by atoms with Crippen molar-refractivity contribution >= 4 is 39.1 Å². The molecule has 0 bridgehead atoms. The van der Waals surface area contributed by atoms with Gasteiger partial charge in [0.1, 0.15) is 12.2 Å². The molecule has 5 heteroatoms. The van der Waals surface area contributed by atoms with Crippen LogP contribution in [0, 0.1) is 6.92 Å². The summed E-state index contributed by atoms with van der Waals surface area (Å²) in [6.45, 7) is 4.74. The fourth-order valence-corrected chi connectivity index (χ4v) is 3.31. The van der Waals surface area contributed by atoms with E-state index in [-0.39, 0.29) is 0 Å². The van der Waals surface area contributed by atoms with E-state index >= 15 is 0 Å². The number of nitrogens with zero attached hydrogens (tertiary/aromatic N) is 2. The summed E-state index contributed by atoms with van der Waals surface area (Å²) in [6.07, 6.45) is 4.90. The molecule has 1 aliphatic heterocycles. The molecular formula is C15H21BrN2OS. The molecule has 3 nitrogen and oxygen atoms in total. The number of rotatable bonds is 2. The van der Waals surface area contributed by atoms with E-state index in [1.165, 1.54) is 54.6 Å². The second-order valence-electron chi connectivity index (χ2n) is 5.05. The summed E-state index contributed by atoms with van der Waals surface area (Å²) in [5.41, 5.74) is 2.43. The normalized spacial score (nSPS) is 15.4. The van der Waals surface area contributed by atoms with Crippen LogP contribution in [0.3, 0.4) is 0 Å². The molecule has 0 radical (unpaired) electrons. The van der Waals surface area contributed by atoms with E-state index in [2.05, 4.69) is 53.1 Å². The van der Waals surface area contributed by atoms with Crippen molar-refractivity contribution in [3.05, 3.63) is 34.4 Å². The molecule has 0 aliphatic carbocycles. The maximum Gasteiger partial charge on any atom is 0.118 e. The SMILES string of the molecule is CN1CCCC1.COSn1cc(C)c2cc(Br)ccc21. The maximum atomic E-state index is 5.05. The molecule has 1 saturated heterocycles. The van der Waals surface area contributed by atoms with Gasteiger partial charge in [-0.25, -0.2) is 0 Å². The Balaban J connectivity index is 0.000000205. The van der Waals surface area contributed by atoms with Crippen LogP contribution in [-0.2, 0) is 4.18 Å². The van der Waals surface area contributed by atoms with E-state index in [0.717, 1.165) is 4.47 Å². The summed E-state index contributed by atoms with van der Waals surface area (Å²) in [4.78, 5) is 2.36. The van der Waals surface area contributed by atoms with Crippen LogP contribution in [0.25, 0.3) is 10.9 Å². The lowest BCUT2D eigenvalue weighted by atomic mass is 10.2. The Morgan fingerprint density at radius 1 is 1.25 bits per heavy atom. The Bertz CT molecular complexity index is 564. The highest BCUT2D eigenvalue weighted by atomic mass is 79.9. The first-order valence-electron chi connectivity index (χ1n) is 6.78. The highest BCUT2D eigenvalue weighted by Gasteiger charge is 2.06. The molecule has 0 unspecified atom stereocenters. The van der Waals surface area contributed by atoms with Crippen molar-refractivity contribution in [2.45, 2.75) is 19.8 Å². The second-order valence-corrected chi connectivity index (χ2v) is 6.84. The summed E-state index contributed by atoms with van der Waals surface area (Å²) >= 11 is 4.80. The van der Waals surface area contributed by atoms with Gasteiger partial charge < -0.3 is 4.90 Å². The third-order valence-corrected chi connectivity index (χ3v) is 4.52. The van der Waals surface area contributed by atoms with Gasteiger partial charge in [-0.05, 0) is 63.7 Å². The van der Waals surface area contributed by atoms with Gasteiger partial charge in [-0.2, -0.15) is 0 Å². The molecule has 1 aromatic heterocycles. The van der Waals surface area contributed by atoms with Gasteiger partial charge in [0.25, 0.3) is 0 Å². The summed E-state index contributed by atoms with van der Waals surface area (Å²) in [6, 6.07) is 6.24. The van der Waals surface area contributed by atoms with E-state index < -0.39 is 0 Å². The fraction of sp³-hybridized carbons (Fsp3) is 0.467. The molecule has 110 valence electrons. The number of benzene rings is 1. The van der Waals surface area contributed by atoms with Crippen LogP contribution in [0.5, 0.6) is 0 Å². The van der Waals surface area contributed by atoms with Gasteiger partial charge in [0, 0.05) is 16.1 Å². The van der Waals surface area contributed by atoms with Crippen LogP contribution in [0.4, 0.5) is 0 Å². The first kappa shape index (κ1) is 15.9.